The zero-order valence-electron chi connectivity index (χ0n) is 22.6. The lowest BCUT2D eigenvalue weighted by Crippen LogP contribution is -2.42. The number of aromatic nitrogens is 1. The van der Waals surface area contributed by atoms with E-state index in [-0.39, 0.29) is 23.1 Å². The monoisotopic (exact) mass is 534 g/mol. The van der Waals surface area contributed by atoms with E-state index in [9.17, 15) is 14.4 Å². The summed E-state index contributed by atoms with van der Waals surface area (Å²) in [5.41, 5.74) is 0.968. The van der Waals surface area contributed by atoms with Crippen LogP contribution < -0.4 is 19.5 Å². The number of carbonyl (C=O) groups is 3. The Kier molecular flexibility index (Phi) is 10.9. The molecule has 0 spiro atoms. The van der Waals surface area contributed by atoms with E-state index in [1.807, 2.05) is 48.5 Å². The van der Waals surface area contributed by atoms with E-state index < -0.39 is 36.6 Å². The third kappa shape index (κ3) is 8.56. The van der Waals surface area contributed by atoms with Crippen LogP contribution in [0.3, 0.4) is 0 Å². The maximum Gasteiger partial charge on any atom is 0.325 e. The summed E-state index contributed by atoms with van der Waals surface area (Å²) in [6.45, 7) is 4.63. The summed E-state index contributed by atoms with van der Waals surface area (Å²) in [6.07, 6.45) is 1.83. The highest BCUT2D eigenvalue weighted by molar-refractivity contribution is 5.98. The summed E-state index contributed by atoms with van der Waals surface area (Å²) in [4.78, 5) is 41.1. The normalized spacial score (nSPS) is 12.9. The van der Waals surface area contributed by atoms with Crippen molar-refractivity contribution in [1.29, 1.82) is 0 Å². The topological polar surface area (TPSA) is 113 Å². The Hall–Kier alpha value is -4.40. The fourth-order valence-corrected chi connectivity index (χ4v) is 4.19. The Bertz CT molecular complexity index is 1230. The molecule has 0 saturated heterocycles. The van der Waals surface area contributed by atoms with Crippen molar-refractivity contribution in [2.45, 2.75) is 45.8 Å². The van der Waals surface area contributed by atoms with E-state index in [0.717, 1.165) is 18.4 Å². The molecular weight excluding hydrogens is 500 g/mol. The molecule has 3 aromatic rings. The molecule has 1 amide bonds. The third-order valence-electron chi connectivity index (χ3n) is 6.07. The number of nitrogens with one attached hydrogen (secondary N) is 1. The molecule has 0 aliphatic carbocycles. The van der Waals surface area contributed by atoms with Crippen molar-refractivity contribution >= 4 is 17.8 Å². The zero-order valence-corrected chi connectivity index (χ0v) is 22.6. The molecule has 9 nitrogen and oxygen atoms in total. The lowest BCUT2D eigenvalue weighted by atomic mass is 9.89. The molecule has 0 radical (unpaired) electrons. The lowest BCUT2D eigenvalue weighted by Gasteiger charge is -2.32. The number of ether oxygens (including phenoxy) is 4. The zero-order chi connectivity index (χ0) is 28.2. The quantitative estimate of drug-likeness (QED) is 0.321. The van der Waals surface area contributed by atoms with E-state index in [1.54, 1.807) is 6.92 Å². The Morgan fingerprint density at radius 3 is 2.26 bits per heavy atom. The molecule has 2 aromatic carbocycles. The molecule has 1 heterocycles. The summed E-state index contributed by atoms with van der Waals surface area (Å²) in [5, 5.41) is 2.48. The van der Waals surface area contributed by atoms with Crippen LogP contribution in [0.25, 0.3) is 0 Å². The summed E-state index contributed by atoms with van der Waals surface area (Å²) >= 11 is 0. The summed E-state index contributed by atoms with van der Waals surface area (Å²) in [6, 6.07) is 20.9. The van der Waals surface area contributed by atoms with Crippen LogP contribution in [0.5, 0.6) is 17.2 Å². The number of rotatable bonds is 13. The first-order chi connectivity index (χ1) is 18.8. The number of para-hydroxylation sites is 1. The van der Waals surface area contributed by atoms with Crippen molar-refractivity contribution in [3.05, 3.63) is 84.2 Å². The van der Waals surface area contributed by atoms with Crippen LogP contribution in [-0.4, -0.2) is 48.7 Å². The maximum atomic E-state index is 12.8. The van der Waals surface area contributed by atoms with E-state index in [1.165, 1.54) is 26.3 Å². The van der Waals surface area contributed by atoms with Gasteiger partial charge in [0, 0.05) is 25.1 Å². The molecule has 0 saturated carbocycles. The minimum atomic E-state index is -0.720. The number of hydrogen-bond acceptors (Lipinski definition) is 8. The SMILES string of the molecule is CC[C@H](Cc1ccccc1)[C@@H](Oc1ccccc1)[C@H](C)OC(=O)CNC(=O)c1nccc(OC)c1OC(C)=O. The molecular formula is C30H34N2O7. The van der Waals surface area contributed by atoms with Crippen LogP contribution in [-0.2, 0) is 20.7 Å². The Balaban J connectivity index is 1.70. The number of amides is 1. The molecule has 3 atom stereocenters. The standard InChI is InChI=1S/C30H34N2O7/c1-5-23(18-22-12-8-6-9-13-22)28(39-24-14-10-7-11-15-24)20(2)37-26(34)19-32-30(35)27-29(38-21(3)33)25(36-4)16-17-31-27/h6-17,20,23,28H,5,18-19H2,1-4H3,(H,32,35)/t20-,23+,28-/m0/s1. The summed E-state index contributed by atoms with van der Waals surface area (Å²) in [5.74, 6) is -1.26. The van der Waals surface area contributed by atoms with Crippen molar-refractivity contribution in [2.24, 2.45) is 5.92 Å². The molecule has 1 N–H and O–H groups in total. The van der Waals surface area contributed by atoms with Crippen molar-refractivity contribution in [2.75, 3.05) is 13.7 Å². The first kappa shape index (κ1) is 29.2. The molecule has 0 aliphatic rings. The Morgan fingerprint density at radius 1 is 0.974 bits per heavy atom. The highest BCUT2D eigenvalue weighted by atomic mass is 16.6. The predicted octanol–water partition coefficient (Wildman–Crippen LogP) is 4.39. The van der Waals surface area contributed by atoms with Crippen molar-refractivity contribution in [1.82, 2.24) is 10.3 Å². The number of esters is 2. The second-order valence-electron chi connectivity index (χ2n) is 8.92. The van der Waals surface area contributed by atoms with Gasteiger partial charge in [-0.1, -0.05) is 55.5 Å². The molecule has 0 aliphatic heterocycles. The number of methoxy groups -OCH3 is 1. The predicted molar refractivity (Wildman–Crippen MR) is 145 cm³/mol. The van der Waals surface area contributed by atoms with Gasteiger partial charge in [-0.25, -0.2) is 4.98 Å². The first-order valence-corrected chi connectivity index (χ1v) is 12.8. The van der Waals surface area contributed by atoms with Gasteiger partial charge in [-0.2, -0.15) is 0 Å². The second-order valence-corrected chi connectivity index (χ2v) is 8.92. The van der Waals surface area contributed by atoms with Gasteiger partial charge in [0.2, 0.25) is 5.75 Å². The second kappa shape index (κ2) is 14.5. The summed E-state index contributed by atoms with van der Waals surface area (Å²) in [7, 11) is 1.37. The fourth-order valence-electron chi connectivity index (χ4n) is 4.19. The average Bonchev–Trinajstić information content (AvgIpc) is 2.94. The average molecular weight is 535 g/mol. The molecule has 0 bridgehead atoms. The van der Waals surface area contributed by atoms with Gasteiger partial charge >= 0.3 is 11.9 Å². The van der Waals surface area contributed by atoms with Crippen molar-refractivity contribution in [3.8, 4) is 17.2 Å². The number of carbonyl (C=O) groups excluding carboxylic acids is 3. The Labute approximate surface area is 228 Å². The van der Waals surface area contributed by atoms with Gasteiger partial charge in [-0.15, -0.1) is 0 Å². The molecule has 0 unspecified atom stereocenters. The van der Waals surface area contributed by atoms with Crippen LogP contribution >= 0.6 is 0 Å². The van der Waals surface area contributed by atoms with E-state index >= 15 is 0 Å². The van der Waals surface area contributed by atoms with Gasteiger partial charge in [-0.05, 0) is 37.5 Å². The Morgan fingerprint density at radius 2 is 1.64 bits per heavy atom. The maximum absolute atomic E-state index is 12.8. The fraction of sp³-hybridized carbons (Fsp3) is 0.333. The highest BCUT2D eigenvalue weighted by Crippen LogP contribution is 2.30. The number of benzene rings is 2. The minimum Gasteiger partial charge on any atom is -0.493 e. The van der Waals surface area contributed by atoms with E-state index in [2.05, 4.69) is 29.4 Å². The van der Waals surface area contributed by atoms with Gasteiger partial charge in [0.05, 0.1) is 7.11 Å². The number of pyridine rings is 1. The summed E-state index contributed by atoms with van der Waals surface area (Å²) < 4.78 is 22.3. The van der Waals surface area contributed by atoms with Gasteiger partial charge < -0.3 is 24.3 Å². The molecule has 0 fully saturated rings. The van der Waals surface area contributed by atoms with Crippen LogP contribution in [0.1, 0.15) is 43.2 Å². The van der Waals surface area contributed by atoms with Crippen molar-refractivity contribution < 1.29 is 33.3 Å². The van der Waals surface area contributed by atoms with Gasteiger partial charge in [0.1, 0.15) is 24.5 Å². The van der Waals surface area contributed by atoms with Crippen LogP contribution in [0, 0.1) is 5.92 Å². The molecule has 1 aromatic heterocycles. The molecule has 39 heavy (non-hydrogen) atoms. The van der Waals surface area contributed by atoms with Crippen LogP contribution in [0.4, 0.5) is 0 Å². The first-order valence-electron chi connectivity index (χ1n) is 12.8. The lowest BCUT2D eigenvalue weighted by molar-refractivity contribution is -0.153. The number of hydrogen-bond donors (Lipinski definition) is 1. The number of nitrogens with zero attached hydrogens (tertiary/aromatic N) is 1. The smallest absolute Gasteiger partial charge is 0.325 e. The van der Waals surface area contributed by atoms with Crippen LogP contribution in [0.15, 0.2) is 72.9 Å². The van der Waals surface area contributed by atoms with E-state index in [4.69, 9.17) is 18.9 Å². The molecule has 206 valence electrons. The van der Waals surface area contributed by atoms with E-state index in [0.29, 0.717) is 5.75 Å². The molecule has 3 rings (SSSR count). The largest absolute Gasteiger partial charge is 0.493 e. The third-order valence-corrected chi connectivity index (χ3v) is 6.07. The van der Waals surface area contributed by atoms with Gasteiger partial charge in [0.15, 0.2) is 11.4 Å². The van der Waals surface area contributed by atoms with Crippen LogP contribution in [0.2, 0.25) is 0 Å². The minimum absolute atomic E-state index is 0.0530. The van der Waals surface area contributed by atoms with Gasteiger partial charge in [0.25, 0.3) is 5.91 Å². The highest BCUT2D eigenvalue weighted by Gasteiger charge is 2.31. The van der Waals surface area contributed by atoms with Crippen molar-refractivity contribution in [3.63, 3.8) is 0 Å². The molecule has 9 heteroatoms. The van der Waals surface area contributed by atoms with Gasteiger partial charge in [-0.3, -0.25) is 14.4 Å².